The van der Waals surface area contributed by atoms with Crippen LogP contribution < -0.4 is 10.6 Å². The van der Waals surface area contributed by atoms with Crippen LogP contribution in [0.3, 0.4) is 0 Å². The summed E-state index contributed by atoms with van der Waals surface area (Å²) in [5.41, 5.74) is 5.30. The van der Waals surface area contributed by atoms with Crippen LogP contribution in [0.2, 0.25) is 0 Å². The lowest BCUT2D eigenvalue weighted by Gasteiger charge is -2.39. The van der Waals surface area contributed by atoms with Crippen molar-refractivity contribution in [2.24, 2.45) is 11.8 Å². The van der Waals surface area contributed by atoms with E-state index in [-0.39, 0.29) is 11.6 Å². The number of nitrogens with zero attached hydrogens (tertiary/aromatic N) is 1. The Labute approximate surface area is 157 Å². The summed E-state index contributed by atoms with van der Waals surface area (Å²) >= 11 is 0. The maximum atomic E-state index is 6.44. The fraction of sp³-hybridized carbons (Fsp3) is 0.478. The van der Waals surface area contributed by atoms with Gasteiger partial charge in [-0.05, 0) is 62.6 Å². The van der Waals surface area contributed by atoms with E-state index in [9.17, 15) is 0 Å². The highest BCUT2D eigenvalue weighted by Crippen LogP contribution is 2.43. The highest BCUT2D eigenvalue weighted by molar-refractivity contribution is 5.50. The van der Waals surface area contributed by atoms with Gasteiger partial charge in [-0.25, -0.2) is 5.01 Å². The fourth-order valence-corrected chi connectivity index (χ4v) is 4.73. The normalized spacial score (nSPS) is 24.9. The minimum Gasteiger partial charge on any atom is -0.487 e. The summed E-state index contributed by atoms with van der Waals surface area (Å²) in [4.78, 5) is 0. The molecule has 0 amide bonds. The van der Waals surface area contributed by atoms with E-state index in [4.69, 9.17) is 10.6 Å². The van der Waals surface area contributed by atoms with E-state index in [1.54, 1.807) is 0 Å². The zero-order chi connectivity index (χ0) is 18.3. The van der Waals surface area contributed by atoms with Gasteiger partial charge in [0, 0.05) is 18.5 Å². The number of rotatable bonds is 3. The third-order valence-electron chi connectivity index (χ3n) is 5.98. The average molecular weight is 351 g/mol. The molecular weight excluding hydrogens is 320 g/mol. The zero-order valence-corrected chi connectivity index (χ0v) is 16.2. The molecule has 3 heteroatoms. The average Bonchev–Trinajstić information content (AvgIpc) is 2.95. The van der Waals surface area contributed by atoms with Crippen LogP contribution in [0.1, 0.15) is 55.0 Å². The van der Waals surface area contributed by atoms with E-state index < -0.39 is 0 Å². The summed E-state index contributed by atoms with van der Waals surface area (Å²) in [6.07, 6.45) is 4.38. The largest absolute Gasteiger partial charge is 0.487 e. The number of benzene rings is 2. The second-order valence-corrected chi connectivity index (χ2v) is 8.59. The Morgan fingerprint density at radius 2 is 1.92 bits per heavy atom. The van der Waals surface area contributed by atoms with Crippen LogP contribution in [-0.4, -0.2) is 17.2 Å². The zero-order valence-electron chi connectivity index (χ0n) is 16.2. The molecular formula is C23H30N2O. The first-order chi connectivity index (χ1) is 12.4. The first-order valence-corrected chi connectivity index (χ1v) is 9.81. The van der Waals surface area contributed by atoms with Crippen molar-refractivity contribution in [3.05, 3.63) is 64.7 Å². The summed E-state index contributed by atoms with van der Waals surface area (Å²) in [5.74, 6) is 8.08. The molecule has 4 rings (SSSR count). The van der Waals surface area contributed by atoms with Gasteiger partial charge in [-0.1, -0.05) is 42.5 Å². The lowest BCUT2D eigenvalue weighted by molar-refractivity contribution is 0.0909. The fourth-order valence-electron chi connectivity index (χ4n) is 4.73. The quantitative estimate of drug-likeness (QED) is 0.824. The molecule has 0 bridgehead atoms. The highest BCUT2D eigenvalue weighted by Gasteiger charge is 2.36. The monoisotopic (exact) mass is 350 g/mol. The van der Waals surface area contributed by atoms with Gasteiger partial charge in [-0.2, -0.15) is 0 Å². The molecule has 2 aliphatic heterocycles. The van der Waals surface area contributed by atoms with Crippen molar-refractivity contribution < 1.29 is 4.74 Å². The van der Waals surface area contributed by atoms with Gasteiger partial charge in [0.2, 0.25) is 0 Å². The van der Waals surface area contributed by atoms with E-state index in [2.05, 4.69) is 63.2 Å². The molecule has 3 nitrogen and oxygen atoms in total. The Morgan fingerprint density at radius 3 is 2.69 bits per heavy atom. The molecule has 0 aliphatic carbocycles. The van der Waals surface area contributed by atoms with E-state index >= 15 is 0 Å². The molecule has 0 spiro atoms. The van der Waals surface area contributed by atoms with Gasteiger partial charge in [-0.3, -0.25) is 5.84 Å². The van der Waals surface area contributed by atoms with Gasteiger partial charge in [0.15, 0.2) is 0 Å². The van der Waals surface area contributed by atoms with Gasteiger partial charge in [0.25, 0.3) is 0 Å². The number of piperidine rings is 1. The lowest BCUT2D eigenvalue weighted by Crippen LogP contribution is -2.44. The third-order valence-corrected chi connectivity index (χ3v) is 5.98. The van der Waals surface area contributed by atoms with Crippen molar-refractivity contribution in [2.75, 3.05) is 6.54 Å². The second kappa shape index (κ2) is 6.71. The van der Waals surface area contributed by atoms with Crippen LogP contribution in [0.5, 0.6) is 5.75 Å². The molecule has 0 aromatic heterocycles. The van der Waals surface area contributed by atoms with E-state index in [0.29, 0.717) is 5.92 Å². The Kier molecular flexibility index (Phi) is 4.54. The van der Waals surface area contributed by atoms with Crippen molar-refractivity contribution in [1.29, 1.82) is 0 Å². The molecule has 0 unspecified atom stereocenters. The SMILES string of the molecule is Cc1ccc(C[C@@H]2CCCN(N)[C@@H]2c2ccccc2)c2c1CC(C)(C)O2. The Bertz CT molecular complexity index is 784. The summed E-state index contributed by atoms with van der Waals surface area (Å²) in [6, 6.07) is 15.5. The van der Waals surface area contributed by atoms with Crippen LogP contribution in [0.15, 0.2) is 42.5 Å². The van der Waals surface area contributed by atoms with Gasteiger partial charge in [-0.15, -0.1) is 0 Å². The number of aryl methyl sites for hydroxylation is 1. The number of hydrogen-bond acceptors (Lipinski definition) is 3. The molecule has 26 heavy (non-hydrogen) atoms. The van der Waals surface area contributed by atoms with Crippen LogP contribution in [0.25, 0.3) is 0 Å². The minimum atomic E-state index is -0.103. The summed E-state index contributed by atoms with van der Waals surface area (Å²) < 4.78 is 6.37. The Hall–Kier alpha value is -1.84. The van der Waals surface area contributed by atoms with Gasteiger partial charge in [0.1, 0.15) is 11.4 Å². The van der Waals surface area contributed by atoms with Crippen LogP contribution >= 0.6 is 0 Å². The molecule has 2 aliphatic rings. The smallest absolute Gasteiger partial charge is 0.126 e. The van der Waals surface area contributed by atoms with Gasteiger partial charge < -0.3 is 4.74 Å². The summed E-state index contributed by atoms with van der Waals surface area (Å²) in [5, 5.41) is 2.04. The van der Waals surface area contributed by atoms with Crippen molar-refractivity contribution in [2.45, 2.75) is 58.1 Å². The lowest BCUT2D eigenvalue weighted by atomic mass is 9.81. The molecule has 2 N–H and O–H groups in total. The van der Waals surface area contributed by atoms with Gasteiger partial charge >= 0.3 is 0 Å². The van der Waals surface area contributed by atoms with Crippen LogP contribution in [-0.2, 0) is 12.8 Å². The third kappa shape index (κ3) is 3.26. The molecule has 2 aromatic rings. The van der Waals surface area contributed by atoms with Crippen LogP contribution in [0, 0.1) is 12.8 Å². The minimum absolute atomic E-state index is 0.103. The molecule has 0 saturated carbocycles. The number of hydrazine groups is 1. The molecule has 1 fully saturated rings. The molecule has 2 aromatic carbocycles. The molecule has 0 radical (unpaired) electrons. The maximum Gasteiger partial charge on any atom is 0.126 e. The Balaban J connectivity index is 1.65. The molecule has 138 valence electrons. The van der Waals surface area contributed by atoms with Crippen molar-refractivity contribution >= 4 is 0 Å². The predicted octanol–water partition coefficient (Wildman–Crippen LogP) is 4.58. The number of fused-ring (bicyclic) bond motifs is 1. The van der Waals surface area contributed by atoms with Gasteiger partial charge in [0.05, 0.1) is 6.04 Å². The first kappa shape index (κ1) is 17.6. The molecule has 2 atom stereocenters. The first-order valence-electron chi connectivity index (χ1n) is 9.81. The second-order valence-electron chi connectivity index (χ2n) is 8.59. The Morgan fingerprint density at radius 1 is 1.15 bits per heavy atom. The van der Waals surface area contributed by atoms with E-state index in [1.807, 2.05) is 5.01 Å². The highest BCUT2D eigenvalue weighted by atomic mass is 16.5. The standard InChI is InChI=1S/C23H30N2O/c1-16-11-12-19(22-20(16)15-23(2,3)26-22)14-18-10-7-13-25(24)21(18)17-8-5-4-6-9-17/h4-6,8-9,11-12,18,21H,7,10,13-15,24H2,1-3H3/t18-,21+/m0/s1. The summed E-state index contributed by atoms with van der Waals surface area (Å²) in [6.45, 7) is 7.53. The molecule has 1 saturated heterocycles. The number of ether oxygens (including phenoxy) is 1. The van der Waals surface area contributed by atoms with E-state index in [1.165, 1.54) is 28.7 Å². The van der Waals surface area contributed by atoms with Crippen molar-refractivity contribution in [3.63, 3.8) is 0 Å². The topological polar surface area (TPSA) is 38.5 Å². The summed E-state index contributed by atoms with van der Waals surface area (Å²) in [7, 11) is 0. The number of nitrogens with two attached hydrogens (primary N) is 1. The number of hydrogen-bond donors (Lipinski definition) is 1. The van der Waals surface area contributed by atoms with E-state index in [0.717, 1.165) is 31.6 Å². The van der Waals surface area contributed by atoms with Crippen molar-refractivity contribution in [3.8, 4) is 5.75 Å². The maximum absolute atomic E-state index is 6.44. The van der Waals surface area contributed by atoms with Crippen molar-refractivity contribution in [1.82, 2.24) is 5.01 Å². The molecule has 2 heterocycles. The predicted molar refractivity (Wildman–Crippen MR) is 106 cm³/mol. The van der Waals surface area contributed by atoms with Crippen LogP contribution in [0.4, 0.5) is 0 Å².